The van der Waals surface area contributed by atoms with Crippen LogP contribution in [0.4, 0.5) is 0 Å². The third-order valence-corrected chi connectivity index (χ3v) is 3.55. The van der Waals surface area contributed by atoms with E-state index in [0.717, 1.165) is 4.88 Å². The van der Waals surface area contributed by atoms with E-state index < -0.39 is 0 Å². The molecule has 5 nitrogen and oxygen atoms in total. The number of hydrogen-bond donors (Lipinski definition) is 3. The van der Waals surface area contributed by atoms with Gasteiger partial charge in [-0.25, -0.2) is 5.43 Å². The number of hydrogen-bond acceptors (Lipinski definition) is 5. The molecule has 2 rings (SSSR count). The van der Waals surface area contributed by atoms with Crippen LogP contribution in [0.5, 0.6) is 11.5 Å². The summed E-state index contributed by atoms with van der Waals surface area (Å²) in [5.74, 6) is -0.301. The van der Waals surface area contributed by atoms with Crippen molar-refractivity contribution in [1.29, 1.82) is 0 Å². The second kappa shape index (κ2) is 5.75. The molecule has 6 heteroatoms. The van der Waals surface area contributed by atoms with Crippen LogP contribution in [0.1, 0.15) is 27.7 Å². The van der Waals surface area contributed by atoms with Gasteiger partial charge in [-0.1, -0.05) is 0 Å². The van der Waals surface area contributed by atoms with Crippen molar-refractivity contribution in [3.63, 3.8) is 0 Å². The van der Waals surface area contributed by atoms with Crippen molar-refractivity contribution in [1.82, 2.24) is 5.43 Å². The summed E-state index contributed by atoms with van der Waals surface area (Å²) in [6.07, 6.45) is 0. The SMILES string of the molecule is C/C(=N\NC(=O)c1csc(C)c1)c1cc(O)ccc1O. The van der Waals surface area contributed by atoms with Gasteiger partial charge in [0.05, 0.1) is 11.3 Å². The predicted octanol–water partition coefficient (Wildman–Crippen LogP) is 2.62. The Bertz CT molecular complexity index is 677. The minimum absolute atomic E-state index is 0.00956. The van der Waals surface area contributed by atoms with Gasteiger partial charge in [0.1, 0.15) is 11.5 Å². The Hall–Kier alpha value is -2.34. The molecule has 2 aromatic rings. The van der Waals surface area contributed by atoms with Crippen LogP contribution in [-0.2, 0) is 0 Å². The molecule has 0 aliphatic heterocycles. The van der Waals surface area contributed by atoms with Crippen LogP contribution in [0.15, 0.2) is 34.7 Å². The molecule has 1 aromatic carbocycles. The van der Waals surface area contributed by atoms with E-state index >= 15 is 0 Å². The summed E-state index contributed by atoms with van der Waals surface area (Å²) < 4.78 is 0. The molecule has 0 atom stereocenters. The fourth-order valence-corrected chi connectivity index (χ4v) is 2.32. The van der Waals surface area contributed by atoms with E-state index in [9.17, 15) is 15.0 Å². The Morgan fingerprint density at radius 2 is 2.05 bits per heavy atom. The van der Waals surface area contributed by atoms with E-state index in [1.54, 1.807) is 18.4 Å². The molecule has 1 amide bonds. The Labute approximate surface area is 120 Å². The normalized spacial score (nSPS) is 11.4. The minimum atomic E-state index is -0.312. The van der Waals surface area contributed by atoms with E-state index in [0.29, 0.717) is 16.8 Å². The first-order chi connectivity index (χ1) is 9.47. The number of carbonyl (C=O) groups excluding carboxylic acids is 1. The Morgan fingerprint density at radius 3 is 2.70 bits per heavy atom. The number of nitrogens with zero attached hydrogens (tertiary/aromatic N) is 1. The Morgan fingerprint density at radius 1 is 1.30 bits per heavy atom. The average molecular weight is 290 g/mol. The van der Waals surface area contributed by atoms with E-state index in [4.69, 9.17) is 0 Å². The van der Waals surface area contributed by atoms with Gasteiger partial charge in [0.25, 0.3) is 5.91 Å². The van der Waals surface area contributed by atoms with Gasteiger partial charge in [0.2, 0.25) is 0 Å². The number of carbonyl (C=O) groups is 1. The standard InChI is InChI=1S/C14H14N2O3S/c1-8-5-10(7-20-8)14(19)16-15-9(2)12-6-11(17)3-4-13(12)18/h3-7,17-18H,1-2H3,(H,16,19)/b15-9+. The van der Waals surface area contributed by atoms with Crippen molar-refractivity contribution in [2.24, 2.45) is 5.10 Å². The number of nitrogens with one attached hydrogen (secondary N) is 1. The van der Waals surface area contributed by atoms with Crippen molar-refractivity contribution >= 4 is 23.0 Å². The van der Waals surface area contributed by atoms with Gasteiger partial charge in [-0.2, -0.15) is 5.10 Å². The molecular formula is C14H14N2O3S. The molecule has 0 aliphatic carbocycles. The number of aryl methyl sites for hydroxylation is 1. The third kappa shape index (κ3) is 3.16. The molecule has 0 saturated carbocycles. The van der Waals surface area contributed by atoms with E-state index in [-0.39, 0.29) is 17.4 Å². The first kappa shape index (κ1) is 14.1. The molecule has 0 spiro atoms. The molecule has 20 heavy (non-hydrogen) atoms. The summed E-state index contributed by atoms with van der Waals surface area (Å²) in [6.45, 7) is 3.55. The maximum absolute atomic E-state index is 11.8. The van der Waals surface area contributed by atoms with Crippen molar-refractivity contribution in [2.45, 2.75) is 13.8 Å². The van der Waals surface area contributed by atoms with E-state index in [2.05, 4.69) is 10.5 Å². The maximum Gasteiger partial charge on any atom is 0.272 e. The molecule has 104 valence electrons. The van der Waals surface area contributed by atoms with Crippen molar-refractivity contribution < 1.29 is 15.0 Å². The van der Waals surface area contributed by atoms with Gasteiger partial charge >= 0.3 is 0 Å². The maximum atomic E-state index is 11.8. The fraction of sp³-hybridized carbons (Fsp3) is 0.143. The number of hydrazone groups is 1. The molecule has 0 saturated heterocycles. The van der Waals surface area contributed by atoms with Crippen LogP contribution in [0.2, 0.25) is 0 Å². The predicted molar refractivity (Wildman–Crippen MR) is 78.5 cm³/mol. The third-order valence-electron chi connectivity index (χ3n) is 2.69. The number of benzene rings is 1. The smallest absolute Gasteiger partial charge is 0.272 e. The van der Waals surface area contributed by atoms with Gasteiger partial charge in [-0.05, 0) is 38.1 Å². The zero-order valence-electron chi connectivity index (χ0n) is 11.0. The first-order valence-electron chi connectivity index (χ1n) is 5.89. The number of phenolic OH excluding ortho intramolecular Hbond substituents is 2. The lowest BCUT2D eigenvalue weighted by Gasteiger charge is -2.05. The van der Waals surface area contributed by atoms with Crippen molar-refractivity contribution in [3.05, 3.63) is 45.6 Å². The van der Waals surface area contributed by atoms with Crippen LogP contribution >= 0.6 is 11.3 Å². The zero-order chi connectivity index (χ0) is 14.7. The highest BCUT2D eigenvalue weighted by Gasteiger charge is 2.09. The molecule has 0 bridgehead atoms. The summed E-state index contributed by atoms with van der Waals surface area (Å²) >= 11 is 1.49. The van der Waals surface area contributed by atoms with Gasteiger partial charge in [0, 0.05) is 15.8 Å². The summed E-state index contributed by atoms with van der Waals surface area (Å²) in [5, 5.41) is 24.8. The summed E-state index contributed by atoms with van der Waals surface area (Å²) in [7, 11) is 0. The largest absolute Gasteiger partial charge is 0.508 e. The molecule has 1 aromatic heterocycles. The second-order valence-electron chi connectivity index (χ2n) is 4.29. The van der Waals surface area contributed by atoms with Gasteiger partial charge in [0.15, 0.2) is 0 Å². The van der Waals surface area contributed by atoms with Crippen LogP contribution in [-0.4, -0.2) is 21.8 Å². The minimum Gasteiger partial charge on any atom is -0.508 e. The lowest BCUT2D eigenvalue weighted by Crippen LogP contribution is -2.18. The molecule has 0 fully saturated rings. The van der Waals surface area contributed by atoms with Crippen LogP contribution < -0.4 is 5.43 Å². The quantitative estimate of drug-likeness (QED) is 0.461. The summed E-state index contributed by atoms with van der Waals surface area (Å²) in [5.41, 5.74) is 3.73. The molecular weight excluding hydrogens is 276 g/mol. The molecule has 0 aliphatic rings. The lowest BCUT2D eigenvalue weighted by molar-refractivity contribution is 0.0955. The molecule has 0 radical (unpaired) electrons. The molecule has 3 N–H and O–H groups in total. The number of rotatable bonds is 3. The number of phenols is 2. The van der Waals surface area contributed by atoms with Gasteiger partial charge in [-0.15, -0.1) is 11.3 Å². The average Bonchev–Trinajstić information content (AvgIpc) is 2.85. The highest BCUT2D eigenvalue weighted by atomic mass is 32.1. The van der Waals surface area contributed by atoms with Crippen molar-refractivity contribution in [2.75, 3.05) is 0 Å². The zero-order valence-corrected chi connectivity index (χ0v) is 11.9. The van der Waals surface area contributed by atoms with Crippen LogP contribution in [0, 0.1) is 6.92 Å². The summed E-state index contributed by atoms with van der Waals surface area (Å²) in [4.78, 5) is 12.9. The number of amides is 1. The van der Waals surface area contributed by atoms with Crippen molar-refractivity contribution in [3.8, 4) is 11.5 Å². The highest BCUT2D eigenvalue weighted by Crippen LogP contribution is 2.22. The number of aromatic hydroxyl groups is 2. The van der Waals surface area contributed by atoms with Crippen LogP contribution in [0.3, 0.4) is 0 Å². The monoisotopic (exact) mass is 290 g/mol. The fourth-order valence-electron chi connectivity index (χ4n) is 1.64. The molecule has 0 unspecified atom stereocenters. The lowest BCUT2D eigenvalue weighted by atomic mass is 10.1. The Kier molecular flexibility index (Phi) is 4.05. The summed E-state index contributed by atoms with van der Waals surface area (Å²) in [6, 6.07) is 5.90. The topological polar surface area (TPSA) is 81.9 Å². The van der Waals surface area contributed by atoms with E-state index in [1.807, 2.05) is 6.92 Å². The molecule has 1 heterocycles. The van der Waals surface area contributed by atoms with Gasteiger partial charge in [-0.3, -0.25) is 4.79 Å². The Balaban J connectivity index is 2.15. The van der Waals surface area contributed by atoms with E-state index in [1.165, 1.54) is 29.5 Å². The highest BCUT2D eigenvalue weighted by molar-refractivity contribution is 7.10. The second-order valence-corrected chi connectivity index (χ2v) is 5.40. The van der Waals surface area contributed by atoms with Crippen LogP contribution in [0.25, 0.3) is 0 Å². The number of thiophene rings is 1. The van der Waals surface area contributed by atoms with Gasteiger partial charge < -0.3 is 10.2 Å². The first-order valence-corrected chi connectivity index (χ1v) is 6.77.